The third-order valence-corrected chi connectivity index (χ3v) is 4.64. The zero-order valence-corrected chi connectivity index (χ0v) is 15.7. The van der Waals surface area contributed by atoms with Gasteiger partial charge in [-0.25, -0.2) is 0 Å². The first-order chi connectivity index (χ1) is 13.6. The molecule has 3 amide bonds. The molecule has 0 fully saturated rings. The van der Waals surface area contributed by atoms with Crippen LogP contribution in [0.25, 0.3) is 0 Å². The molecule has 0 aliphatic carbocycles. The van der Waals surface area contributed by atoms with Crippen molar-refractivity contribution in [3.63, 3.8) is 0 Å². The highest BCUT2D eigenvalue weighted by Crippen LogP contribution is 2.27. The number of anilines is 1. The molecule has 3 rings (SSSR count). The number of ether oxygens (including phenoxy) is 1. The molecule has 2 aromatic carbocycles. The predicted octanol–water partition coefficient (Wildman–Crippen LogP) is 2.22. The van der Waals surface area contributed by atoms with Crippen LogP contribution in [0.5, 0.6) is 5.75 Å². The number of hydrogen-bond donors (Lipinski definition) is 2. The van der Waals surface area contributed by atoms with E-state index < -0.39 is 11.8 Å². The highest BCUT2D eigenvalue weighted by atomic mass is 16.5. The minimum atomic E-state index is -0.438. The number of carbonyl (C=O) groups is 3. The van der Waals surface area contributed by atoms with Crippen LogP contribution >= 0.6 is 0 Å². The Kier molecular flexibility index (Phi) is 6.26. The number of hydrogen-bond acceptors (Lipinski definition) is 4. The second kappa shape index (κ2) is 9.03. The van der Waals surface area contributed by atoms with E-state index in [2.05, 4.69) is 10.9 Å². The smallest absolute Gasteiger partial charge is 0.269 e. The van der Waals surface area contributed by atoms with Crippen molar-refractivity contribution in [2.75, 3.05) is 18.6 Å². The van der Waals surface area contributed by atoms with Gasteiger partial charge in [-0.05, 0) is 48.7 Å². The molecule has 2 N–H and O–H groups in total. The van der Waals surface area contributed by atoms with Crippen LogP contribution in [0.4, 0.5) is 5.69 Å². The summed E-state index contributed by atoms with van der Waals surface area (Å²) in [7, 11) is 1.54. The van der Waals surface area contributed by atoms with E-state index >= 15 is 0 Å². The molecule has 1 aliphatic rings. The molecule has 146 valence electrons. The van der Waals surface area contributed by atoms with Crippen LogP contribution in [0.1, 0.15) is 35.2 Å². The quantitative estimate of drug-likeness (QED) is 0.778. The van der Waals surface area contributed by atoms with Gasteiger partial charge in [-0.3, -0.25) is 25.2 Å². The molecule has 0 unspecified atom stereocenters. The number of hydrazine groups is 1. The second-order valence-electron chi connectivity index (χ2n) is 6.51. The lowest BCUT2D eigenvalue weighted by molar-refractivity contribution is -0.125. The van der Waals surface area contributed by atoms with Crippen LogP contribution < -0.4 is 20.5 Å². The third-order valence-electron chi connectivity index (χ3n) is 4.64. The van der Waals surface area contributed by atoms with Gasteiger partial charge in [0.15, 0.2) is 0 Å². The van der Waals surface area contributed by atoms with Gasteiger partial charge < -0.3 is 9.64 Å². The van der Waals surface area contributed by atoms with Crippen LogP contribution in [0, 0.1) is 0 Å². The molecular formula is C21H23N3O4. The van der Waals surface area contributed by atoms with Gasteiger partial charge in [0, 0.05) is 30.6 Å². The molecule has 0 atom stereocenters. The maximum atomic E-state index is 12.5. The fourth-order valence-corrected chi connectivity index (χ4v) is 3.15. The van der Waals surface area contributed by atoms with Gasteiger partial charge in [-0.2, -0.15) is 0 Å². The summed E-state index contributed by atoms with van der Waals surface area (Å²) in [6.45, 7) is 0.658. The van der Waals surface area contributed by atoms with Crippen molar-refractivity contribution in [3.05, 3.63) is 59.7 Å². The molecule has 0 bridgehead atoms. The lowest BCUT2D eigenvalue weighted by atomic mass is 10.0. The van der Waals surface area contributed by atoms with E-state index in [-0.39, 0.29) is 18.7 Å². The van der Waals surface area contributed by atoms with Crippen molar-refractivity contribution in [1.29, 1.82) is 0 Å². The molecule has 0 aromatic heterocycles. The molecule has 2 aromatic rings. The number of nitrogens with one attached hydrogen (secondary N) is 2. The summed E-state index contributed by atoms with van der Waals surface area (Å²) in [5.74, 6) is -0.310. The minimum Gasteiger partial charge on any atom is -0.497 e. The van der Waals surface area contributed by atoms with Gasteiger partial charge in [0.05, 0.1) is 7.11 Å². The molecule has 0 spiro atoms. The number of fused-ring (bicyclic) bond motifs is 1. The first-order valence-electron chi connectivity index (χ1n) is 9.20. The number of amides is 3. The number of benzene rings is 2. The summed E-state index contributed by atoms with van der Waals surface area (Å²) in [6.07, 6.45) is 1.95. The minimum absolute atomic E-state index is 0.000390. The van der Waals surface area contributed by atoms with Crippen molar-refractivity contribution >= 4 is 23.4 Å². The van der Waals surface area contributed by atoms with E-state index in [1.165, 1.54) is 0 Å². The van der Waals surface area contributed by atoms with Gasteiger partial charge in [0.2, 0.25) is 11.8 Å². The Morgan fingerprint density at radius 1 is 1.00 bits per heavy atom. The first-order valence-corrected chi connectivity index (χ1v) is 9.20. The number of methoxy groups -OCH3 is 1. The molecule has 28 heavy (non-hydrogen) atoms. The maximum absolute atomic E-state index is 12.5. The lowest BCUT2D eigenvalue weighted by Crippen LogP contribution is -2.42. The second-order valence-corrected chi connectivity index (χ2v) is 6.51. The largest absolute Gasteiger partial charge is 0.497 e. The molecule has 0 saturated heterocycles. The number of rotatable bonds is 5. The van der Waals surface area contributed by atoms with Crippen LogP contribution in [0.15, 0.2) is 48.5 Å². The molecule has 1 aliphatic heterocycles. The Labute approximate surface area is 163 Å². The summed E-state index contributed by atoms with van der Waals surface area (Å²) < 4.78 is 5.04. The van der Waals surface area contributed by atoms with Gasteiger partial charge >= 0.3 is 0 Å². The monoisotopic (exact) mass is 381 g/mol. The SMILES string of the molecule is COc1ccc(C(=O)NNC(=O)CCC(=O)N2CCCc3ccccc32)cc1. The normalized spacial score (nSPS) is 12.7. The van der Waals surface area contributed by atoms with Gasteiger partial charge in [0.25, 0.3) is 5.91 Å². The Morgan fingerprint density at radius 2 is 1.75 bits per heavy atom. The van der Waals surface area contributed by atoms with Crippen molar-refractivity contribution in [2.24, 2.45) is 0 Å². The van der Waals surface area contributed by atoms with Crippen LogP contribution in [0.3, 0.4) is 0 Å². The Hall–Kier alpha value is -3.35. The van der Waals surface area contributed by atoms with Gasteiger partial charge in [-0.1, -0.05) is 18.2 Å². The van der Waals surface area contributed by atoms with E-state index in [9.17, 15) is 14.4 Å². The standard InChI is InChI=1S/C21H23N3O4/c1-28-17-10-8-16(9-11-17)21(27)23-22-19(25)12-13-20(26)24-14-4-6-15-5-2-3-7-18(15)24/h2-3,5,7-11H,4,6,12-14H2,1H3,(H,22,25)(H,23,27). The van der Waals surface area contributed by atoms with Crippen LogP contribution in [-0.4, -0.2) is 31.4 Å². The van der Waals surface area contributed by atoms with E-state index in [1.807, 2.05) is 24.3 Å². The van der Waals surface area contributed by atoms with Crippen molar-refractivity contribution in [1.82, 2.24) is 10.9 Å². The number of carbonyl (C=O) groups excluding carboxylic acids is 3. The highest BCUT2D eigenvalue weighted by molar-refractivity contribution is 5.98. The molecule has 0 saturated carbocycles. The predicted molar refractivity (Wildman–Crippen MR) is 105 cm³/mol. The molecule has 1 heterocycles. The number of para-hydroxylation sites is 1. The van der Waals surface area contributed by atoms with Gasteiger partial charge in [-0.15, -0.1) is 0 Å². The zero-order chi connectivity index (χ0) is 19.9. The molecular weight excluding hydrogens is 358 g/mol. The average Bonchev–Trinajstić information content (AvgIpc) is 2.75. The van der Waals surface area contributed by atoms with Crippen molar-refractivity contribution < 1.29 is 19.1 Å². The first kappa shape index (κ1) is 19.4. The van der Waals surface area contributed by atoms with Crippen molar-refractivity contribution in [3.8, 4) is 5.75 Å². The summed E-state index contributed by atoms with van der Waals surface area (Å²) in [4.78, 5) is 38.3. The Balaban J connectivity index is 1.46. The summed E-state index contributed by atoms with van der Waals surface area (Å²) in [5.41, 5.74) is 7.16. The van der Waals surface area contributed by atoms with E-state index in [4.69, 9.17) is 4.74 Å². The summed E-state index contributed by atoms with van der Waals surface area (Å²) >= 11 is 0. The molecule has 0 radical (unpaired) electrons. The van der Waals surface area contributed by atoms with E-state index in [0.29, 0.717) is 17.9 Å². The Morgan fingerprint density at radius 3 is 2.50 bits per heavy atom. The maximum Gasteiger partial charge on any atom is 0.269 e. The van der Waals surface area contributed by atoms with E-state index in [0.717, 1.165) is 24.1 Å². The fourth-order valence-electron chi connectivity index (χ4n) is 3.15. The Bertz CT molecular complexity index is 864. The average molecular weight is 381 g/mol. The fraction of sp³-hybridized carbons (Fsp3) is 0.286. The number of nitrogens with zero attached hydrogens (tertiary/aromatic N) is 1. The molecule has 7 nitrogen and oxygen atoms in total. The van der Waals surface area contributed by atoms with Crippen LogP contribution in [-0.2, 0) is 16.0 Å². The van der Waals surface area contributed by atoms with Gasteiger partial charge in [0.1, 0.15) is 5.75 Å². The van der Waals surface area contributed by atoms with Crippen molar-refractivity contribution in [2.45, 2.75) is 25.7 Å². The highest BCUT2D eigenvalue weighted by Gasteiger charge is 2.22. The number of aryl methyl sites for hydroxylation is 1. The summed E-state index contributed by atoms with van der Waals surface area (Å²) in [6, 6.07) is 14.3. The van der Waals surface area contributed by atoms with Crippen LogP contribution in [0.2, 0.25) is 0 Å². The zero-order valence-electron chi connectivity index (χ0n) is 15.7. The third kappa shape index (κ3) is 4.68. The molecule has 7 heteroatoms. The lowest BCUT2D eigenvalue weighted by Gasteiger charge is -2.29. The van der Waals surface area contributed by atoms with E-state index in [1.54, 1.807) is 36.3 Å². The summed E-state index contributed by atoms with van der Waals surface area (Å²) in [5, 5.41) is 0. The topological polar surface area (TPSA) is 87.7 Å².